The molecule has 1 unspecified atom stereocenters. The molecular formula is C11H13Br2NO. The molecule has 0 fully saturated rings. The Kier molecular flexibility index (Phi) is 4.93. The zero-order chi connectivity index (χ0) is 11.4. The molecule has 0 aliphatic carbocycles. The number of rotatable bonds is 4. The average Bonchev–Trinajstić information content (AvgIpc) is 2.17. The first-order valence-corrected chi connectivity index (χ1v) is 6.47. The molecule has 0 bridgehead atoms. The monoisotopic (exact) mass is 333 g/mol. The Morgan fingerprint density at radius 2 is 2.20 bits per heavy atom. The summed E-state index contributed by atoms with van der Waals surface area (Å²) in [7, 11) is 0. The van der Waals surface area contributed by atoms with Crippen LogP contribution in [0, 0.1) is 5.92 Å². The molecule has 1 heterocycles. The fraction of sp³-hybridized carbons (Fsp3) is 0.455. The first-order valence-electron chi connectivity index (χ1n) is 4.88. The number of hydrogen-bond donors (Lipinski definition) is 0. The number of aromatic nitrogens is 1. The highest BCUT2D eigenvalue weighted by molar-refractivity contribution is 9.11. The molecule has 0 amide bonds. The van der Waals surface area contributed by atoms with E-state index in [1.54, 1.807) is 6.20 Å². The van der Waals surface area contributed by atoms with Crippen LogP contribution >= 0.6 is 31.9 Å². The lowest BCUT2D eigenvalue weighted by Crippen LogP contribution is -2.08. The minimum absolute atomic E-state index is 0.101. The van der Waals surface area contributed by atoms with Crippen LogP contribution in [0.4, 0.5) is 0 Å². The van der Waals surface area contributed by atoms with Crippen molar-refractivity contribution in [3.8, 4) is 0 Å². The summed E-state index contributed by atoms with van der Waals surface area (Å²) in [6, 6.07) is 1.84. The van der Waals surface area contributed by atoms with E-state index < -0.39 is 0 Å². The van der Waals surface area contributed by atoms with Gasteiger partial charge in [0.05, 0.1) is 0 Å². The van der Waals surface area contributed by atoms with Crippen LogP contribution in [-0.4, -0.2) is 10.8 Å². The Labute approximate surface area is 107 Å². The molecule has 4 heteroatoms. The minimum atomic E-state index is 0.101. The summed E-state index contributed by atoms with van der Waals surface area (Å²) in [6.45, 7) is 4.16. The van der Waals surface area contributed by atoms with E-state index in [2.05, 4.69) is 50.7 Å². The molecule has 15 heavy (non-hydrogen) atoms. The first kappa shape index (κ1) is 12.8. The van der Waals surface area contributed by atoms with E-state index in [1.807, 2.05) is 6.07 Å². The molecule has 1 aromatic heterocycles. The summed E-state index contributed by atoms with van der Waals surface area (Å²) in [6.07, 6.45) is 3.22. The minimum Gasteiger partial charge on any atom is -0.292 e. The van der Waals surface area contributed by atoms with Crippen LogP contribution < -0.4 is 0 Å². The summed E-state index contributed by atoms with van der Waals surface area (Å²) in [5, 5.41) is 0. The van der Waals surface area contributed by atoms with Crippen molar-refractivity contribution in [1.29, 1.82) is 0 Å². The highest BCUT2D eigenvalue weighted by Gasteiger charge is 2.14. The second-order valence-corrected chi connectivity index (χ2v) is 5.39. The van der Waals surface area contributed by atoms with Crippen LogP contribution in [-0.2, 0) is 0 Å². The molecule has 1 atom stereocenters. The van der Waals surface area contributed by atoms with Crippen molar-refractivity contribution >= 4 is 37.6 Å². The molecule has 1 rings (SSSR count). The molecule has 0 N–H and O–H groups in total. The summed E-state index contributed by atoms with van der Waals surface area (Å²) < 4.78 is 1.62. The van der Waals surface area contributed by atoms with Gasteiger partial charge in [0, 0.05) is 21.6 Å². The van der Waals surface area contributed by atoms with Crippen LogP contribution in [0.1, 0.15) is 37.2 Å². The number of Topliss-reactive ketones (excluding diaryl/α,β-unsaturated/α-hetero) is 1. The first-order chi connectivity index (χ1) is 7.04. The van der Waals surface area contributed by atoms with Crippen molar-refractivity contribution in [3.63, 3.8) is 0 Å². The Bertz CT molecular complexity index is 366. The Hall–Kier alpha value is -0.220. The molecule has 0 saturated heterocycles. The second kappa shape index (κ2) is 5.75. The van der Waals surface area contributed by atoms with Crippen LogP contribution in [0.15, 0.2) is 21.2 Å². The number of hydrogen-bond acceptors (Lipinski definition) is 2. The van der Waals surface area contributed by atoms with Crippen LogP contribution in [0.5, 0.6) is 0 Å². The van der Waals surface area contributed by atoms with Crippen LogP contribution in [0.3, 0.4) is 0 Å². The van der Waals surface area contributed by atoms with Gasteiger partial charge >= 0.3 is 0 Å². The predicted octanol–water partition coefficient (Wildman–Crippen LogP) is 4.23. The molecule has 0 saturated carbocycles. The normalized spacial score (nSPS) is 12.5. The van der Waals surface area contributed by atoms with Gasteiger partial charge in [-0.3, -0.25) is 9.78 Å². The lowest BCUT2D eigenvalue weighted by Gasteiger charge is -2.07. The lowest BCUT2D eigenvalue weighted by atomic mass is 10.0. The summed E-state index contributed by atoms with van der Waals surface area (Å²) in [5.74, 6) is 0.513. The Morgan fingerprint density at radius 1 is 1.53 bits per heavy atom. The molecule has 0 aliphatic heterocycles. The zero-order valence-corrected chi connectivity index (χ0v) is 11.9. The van der Waals surface area contributed by atoms with Crippen LogP contribution in [0.2, 0.25) is 0 Å². The molecule has 0 spiro atoms. The van der Waals surface area contributed by atoms with Gasteiger partial charge < -0.3 is 0 Å². The topological polar surface area (TPSA) is 30.0 Å². The maximum atomic E-state index is 11.8. The number of halogens is 2. The fourth-order valence-electron chi connectivity index (χ4n) is 1.18. The van der Waals surface area contributed by atoms with Gasteiger partial charge in [-0.15, -0.1) is 0 Å². The Morgan fingerprint density at radius 3 is 2.73 bits per heavy atom. The molecule has 2 nitrogen and oxygen atoms in total. The van der Waals surface area contributed by atoms with Crippen molar-refractivity contribution in [2.75, 3.05) is 0 Å². The molecule has 0 radical (unpaired) electrons. The number of carbonyl (C=O) groups is 1. The third-order valence-corrected chi connectivity index (χ3v) is 3.34. The van der Waals surface area contributed by atoms with Gasteiger partial charge in [0.2, 0.25) is 0 Å². The zero-order valence-electron chi connectivity index (χ0n) is 8.76. The van der Waals surface area contributed by atoms with Gasteiger partial charge in [-0.05, 0) is 43.8 Å². The summed E-state index contributed by atoms with van der Waals surface area (Å²) >= 11 is 6.65. The quantitative estimate of drug-likeness (QED) is 0.771. The van der Waals surface area contributed by atoms with E-state index >= 15 is 0 Å². The van der Waals surface area contributed by atoms with Gasteiger partial charge in [0.15, 0.2) is 5.78 Å². The molecule has 0 aromatic carbocycles. The third kappa shape index (κ3) is 3.68. The summed E-state index contributed by atoms with van der Waals surface area (Å²) in [4.78, 5) is 16.0. The highest BCUT2D eigenvalue weighted by atomic mass is 79.9. The molecule has 82 valence electrons. The van der Waals surface area contributed by atoms with Crippen molar-refractivity contribution < 1.29 is 4.79 Å². The van der Waals surface area contributed by atoms with E-state index in [0.29, 0.717) is 18.0 Å². The van der Waals surface area contributed by atoms with Crippen molar-refractivity contribution in [3.05, 3.63) is 26.9 Å². The number of carbonyl (C=O) groups excluding carboxylic acids is 1. The smallest absolute Gasteiger partial charge is 0.182 e. The SMILES string of the molecule is CCC(C)CC(=O)c1ncc(Br)cc1Br. The van der Waals surface area contributed by atoms with Crippen molar-refractivity contribution in [1.82, 2.24) is 4.98 Å². The van der Waals surface area contributed by atoms with Gasteiger partial charge in [-0.2, -0.15) is 0 Å². The van der Waals surface area contributed by atoms with E-state index in [4.69, 9.17) is 0 Å². The maximum Gasteiger partial charge on any atom is 0.182 e. The van der Waals surface area contributed by atoms with E-state index in [1.165, 1.54) is 0 Å². The van der Waals surface area contributed by atoms with Gasteiger partial charge in [0.1, 0.15) is 5.69 Å². The predicted molar refractivity (Wildman–Crippen MR) is 68.0 cm³/mol. The summed E-state index contributed by atoms with van der Waals surface area (Å²) in [5.41, 5.74) is 0.526. The van der Waals surface area contributed by atoms with Gasteiger partial charge in [-0.25, -0.2) is 0 Å². The maximum absolute atomic E-state index is 11.8. The fourth-order valence-corrected chi connectivity index (χ4v) is 2.39. The largest absolute Gasteiger partial charge is 0.292 e. The van der Waals surface area contributed by atoms with Crippen molar-refractivity contribution in [2.45, 2.75) is 26.7 Å². The van der Waals surface area contributed by atoms with Crippen LogP contribution in [0.25, 0.3) is 0 Å². The van der Waals surface area contributed by atoms with Gasteiger partial charge in [-0.1, -0.05) is 20.3 Å². The lowest BCUT2D eigenvalue weighted by molar-refractivity contribution is 0.0958. The number of pyridine rings is 1. The van der Waals surface area contributed by atoms with E-state index in [0.717, 1.165) is 15.4 Å². The highest BCUT2D eigenvalue weighted by Crippen LogP contribution is 2.22. The van der Waals surface area contributed by atoms with Crippen molar-refractivity contribution in [2.24, 2.45) is 5.92 Å². The molecular weight excluding hydrogens is 322 g/mol. The average molecular weight is 335 g/mol. The third-order valence-electron chi connectivity index (χ3n) is 2.30. The molecule has 0 aliphatic rings. The number of nitrogens with zero attached hydrogens (tertiary/aromatic N) is 1. The van der Waals surface area contributed by atoms with E-state index in [9.17, 15) is 4.79 Å². The standard InChI is InChI=1S/C11H13Br2NO/c1-3-7(2)4-10(15)11-9(13)5-8(12)6-14-11/h5-7H,3-4H2,1-2H3. The molecule has 1 aromatic rings. The number of ketones is 1. The van der Waals surface area contributed by atoms with Gasteiger partial charge in [0.25, 0.3) is 0 Å². The second-order valence-electron chi connectivity index (χ2n) is 3.62. The Balaban J connectivity index is 2.82. The van der Waals surface area contributed by atoms with E-state index in [-0.39, 0.29) is 5.78 Å².